The maximum atomic E-state index is 13.5. The molecule has 48 heavy (non-hydrogen) atoms. The van der Waals surface area contributed by atoms with E-state index in [0.717, 1.165) is 35.1 Å². The summed E-state index contributed by atoms with van der Waals surface area (Å²) in [5.74, 6) is 4.83. The van der Waals surface area contributed by atoms with Gasteiger partial charge in [0.1, 0.15) is 11.9 Å². The van der Waals surface area contributed by atoms with Crippen LogP contribution in [0.4, 0.5) is 0 Å². The van der Waals surface area contributed by atoms with Crippen LogP contribution < -0.4 is 17.4 Å². The zero-order valence-corrected chi connectivity index (χ0v) is 26.8. The molecule has 0 saturated heterocycles. The number of aromatic amines is 1. The van der Waals surface area contributed by atoms with Crippen molar-refractivity contribution in [2.24, 2.45) is 5.90 Å². The Morgan fingerprint density at radius 3 is 2.58 bits per heavy atom. The molecule has 5 rings (SSSR count). The topological polar surface area (TPSA) is 219 Å². The van der Waals surface area contributed by atoms with Crippen LogP contribution >= 0.6 is 11.6 Å². The number of carbonyl (C=O) groups is 1. The number of nitrogens with two attached hydrogens (primary N) is 1. The van der Waals surface area contributed by atoms with Gasteiger partial charge >= 0.3 is 11.8 Å². The summed E-state index contributed by atoms with van der Waals surface area (Å²) < 4.78 is 17.6. The lowest BCUT2D eigenvalue weighted by Crippen LogP contribution is -2.27. The number of nitrogens with zero attached hydrogens (tertiary/aromatic N) is 5. The molecule has 3 aromatic heterocycles. The molecule has 1 atom stereocenters. The number of hydrogen-bond acceptors (Lipinski definition) is 14. The van der Waals surface area contributed by atoms with Crippen LogP contribution in [-0.2, 0) is 40.4 Å². The number of esters is 1. The molecule has 0 fully saturated rings. The highest BCUT2D eigenvalue weighted by atomic mass is 35.5. The number of H-pyrrole nitrogens is 1. The van der Waals surface area contributed by atoms with Crippen molar-refractivity contribution in [3.05, 3.63) is 92.9 Å². The second kappa shape index (κ2) is 16.9. The number of ether oxygens (including phenoxy) is 1. The standard InChI is InChI=1S/C31H35ClN8O8/c1-2-3-11-26-34-28(32)27(30(41)44-18-25-24(46-31(42)47-25)10-6-7-21(17-45-33)48-39-43)40(26)16-19-12-14-20(15-13-19)22-8-4-5-9-23(22)29-35-37-38-36-29/h4-5,8-9,12-15,21,39,43H,2-3,6-7,10-11,16-18,33H2,1H3,(H,35,36,37,38)/t21-/m1/s1. The van der Waals surface area contributed by atoms with Crippen molar-refractivity contribution >= 4 is 17.6 Å². The summed E-state index contributed by atoms with van der Waals surface area (Å²) in [7, 11) is 0. The average Bonchev–Trinajstić information content (AvgIpc) is 3.82. The van der Waals surface area contributed by atoms with Gasteiger partial charge in [0, 0.05) is 24.9 Å². The fourth-order valence-corrected chi connectivity index (χ4v) is 5.50. The SMILES string of the molecule is CCCCc1nc(Cl)c(C(=O)OCc2oc(=O)oc2CCC[C@H](CON)ONO)n1Cc1ccc(-c2ccccc2-c2nn[nH]n2)cc1. The maximum Gasteiger partial charge on any atom is 0.519 e. The van der Waals surface area contributed by atoms with Gasteiger partial charge in [-0.25, -0.2) is 20.5 Å². The van der Waals surface area contributed by atoms with E-state index in [1.807, 2.05) is 48.5 Å². The lowest BCUT2D eigenvalue weighted by Gasteiger charge is -2.14. The number of hydrogen-bond donors (Lipinski definition) is 4. The molecule has 0 radical (unpaired) electrons. The molecule has 17 heteroatoms. The molecule has 0 aliphatic carbocycles. The first kappa shape index (κ1) is 34.6. The molecular weight excluding hydrogens is 648 g/mol. The van der Waals surface area contributed by atoms with Gasteiger partial charge < -0.3 is 23.0 Å². The van der Waals surface area contributed by atoms with Crippen molar-refractivity contribution in [3.8, 4) is 22.5 Å². The molecule has 5 N–H and O–H groups in total. The highest BCUT2D eigenvalue weighted by Crippen LogP contribution is 2.30. The molecule has 0 amide bonds. The van der Waals surface area contributed by atoms with E-state index in [0.29, 0.717) is 37.5 Å². The zero-order chi connectivity index (χ0) is 33.9. The Morgan fingerprint density at radius 1 is 1.10 bits per heavy atom. The monoisotopic (exact) mass is 682 g/mol. The first-order chi connectivity index (χ1) is 23.4. The van der Waals surface area contributed by atoms with Crippen molar-refractivity contribution < 1.29 is 33.2 Å². The molecule has 0 spiro atoms. The van der Waals surface area contributed by atoms with Gasteiger partial charge in [-0.2, -0.15) is 5.21 Å². The Morgan fingerprint density at radius 2 is 1.88 bits per heavy atom. The van der Waals surface area contributed by atoms with Crippen LogP contribution in [0.1, 0.15) is 66.0 Å². The zero-order valence-electron chi connectivity index (χ0n) is 26.1. The number of aryl methyl sites for hydroxylation is 2. The number of tetrazole rings is 1. The molecule has 3 heterocycles. The van der Waals surface area contributed by atoms with E-state index in [9.17, 15) is 9.59 Å². The van der Waals surface area contributed by atoms with Crippen molar-refractivity contribution in [1.82, 2.24) is 35.8 Å². The van der Waals surface area contributed by atoms with E-state index in [1.54, 1.807) is 10.2 Å². The van der Waals surface area contributed by atoms with Gasteiger partial charge in [-0.05, 0) is 41.2 Å². The predicted molar refractivity (Wildman–Crippen MR) is 169 cm³/mol. The minimum absolute atomic E-state index is 0.0105. The molecule has 0 aliphatic heterocycles. The van der Waals surface area contributed by atoms with Gasteiger partial charge in [0.15, 0.2) is 29.0 Å². The van der Waals surface area contributed by atoms with E-state index < -0.39 is 17.9 Å². The second-order valence-electron chi connectivity index (χ2n) is 10.8. The number of benzene rings is 2. The molecule has 0 aliphatic rings. The summed E-state index contributed by atoms with van der Waals surface area (Å²) in [6.07, 6.45) is 2.89. The summed E-state index contributed by atoms with van der Waals surface area (Å²) in [6, 6.07) is 15.7. The van der Waals surface area contributed by atoms with Crippen molar-refractivity contribution in [2.45, 2.75) is 64.7 Å². The largest absolute Gasteiger partial charge is 0.519 e. The Kier molecular flexibility index (Phi) is 12.2. The number of carbonyl (C=O) groups excluding carboxylic acids is 1. The summed E-state index contributed by atoms with van der Waals surface area (Å²) in [5.41, 5.74) is 5.32. The molecule has 0 saturated carbocycles. The summed E-state index contributed by atoms with van der Waals surface area (Å²) >= 11 is 6.53. The second-order valence-corrected chi connectivity index (χ2v) is 11.1. The number of halogens is 1. The van der Waals surface area contributed by atoms with Crippen LogP contribution in [0.15, 0.2) is 62.2 Å². The van der Waals surface area contributed by atoms with Gasteiger partial charge in [-0.3, -0.25) is 10.0 Å². The van der Waals surface area contributed by atoms with E-state index >= 15 is 0 Å². The Bertz CT molecular complexity index is 1810. The number of imidazole rings is 1. The summed E-state index contributed by atoms with van der Waals surface area (Å²) in [5, 5.41) is 23.2. The predicted octanol–water partition coefficient (Wildman–Crippen LogP) is 4.17. The molecule has 16 nitrogen and oxygen atoms in total. The van der Waals surface area contributed by atoms with Gasteiger partial charge in [-0.15, -0.1) is 10.2 Å². The van der Waals surface area contributed by atoms with Crippen molar-refractivity contribution in [3.63, 3.8) is 0 Å². The minimum Gasteiger partial charge on any atom is -0.453 e. The Labute approximate surface area is 279 Å². The van der Waals surface area contributed by atoms with Crippen LogP contribution in [-0.4, -0.2) is 54.1 Å². The highest BCUT2D eigenvalue weighted by molar-refractivity contribution is 6.32. The van der Waals surface area contributed by atoms with E-state index in [4.69, 9.17) is 41.1 Å². The lowest BCUT2D eigenvalue weighted by atomic mass is 9.98. The summed E-state index contributed by atoms with van der Waals surface area (Å²) in [6.45, 7) is 2.01. The number of aromatic nitrogens is 6. The molecule has 2 aromatic carbocycles. The van der Waals surface area contributed by atoms with Crippen LogP contribution in [0, 0.1) is 0 Å². The molecule has 5 aromatic rings. The lowest BCUT2D eigenvalue weighted by molar-refractivity contribution is -0.179. The van der Waals surface area contributed by atoms with Crippen LogP contribution in [0.5, 0.6) is 0 Å². The first-order valence-electron chi connectivity index (χ1n) is 15.2. The summed E-state index contributed by atoms with van der Waals surface area (Å²) in [4.78, 5) is 39.4. The third-order valence-electron chi connectivity index (χ3n) is 7.56. The van der Waals surface area contributed by atoms with E-state index in [2.05, 4.69) is 37.4 Å². The van der Waals surface area contributed by atoms with Gasteiger partial charge in [0.2, 0.25) is 5.82 Å². The minimum atomic E-state index is -0.931. The van der Waals surface area contributed by atoms with Crippen LogP contribution in [0.25, 0.3) is 22.5 Å². The van der Waals surface area contributed by atoms with Crippen LogP contribution in [0.3, 0.4) is 0 Å². The third-order valence-corrected chi connectivity index (χ3v) is 7.82. The third kappa shape index (κ3) is 8.60. The Balaban J connectivity index is 1.31. The Hall–Kier alpha value is -4.71. The number of rotatable bonds is 18. The molecule has 254 valence electrons. The smallest absolute Gasteiger partial charge is 0.453 e. The first-order valence-corrected chi connectivity index (χ1v) is 15.6. The number of unbranched alkanes of at least 4 members (excludes halogenated alkanes) is 1. The fraction of sp³-hybridized carbons (Fsp3) is 0.355. The van der Waals surface area contributed by atoms with Crippen molar-refractivity contribution in [2.75, 3.05) is 6.61 Å². The molecule has 0 unspecified atom stereocenters. The normalized spacial score (nSPS) is 12.0. The fourth-order valence-electron chi connectivity index (χ4n) is 5.22. The molecular formula is C31H35ClN8O8. The van der Waals surface area contributed by atoms with Gasteiger partial charge in [0.25, 0.3) is 0 Å². The number of nitrogens with one attached hydrogen (secondary N) is 2. The van der Waals surface area contributed by atoms with Crippen LogP contribution in [0.2, 0.25) is 5.15 Å². The van der Waals surface area contributed by atoms with E-state index in [1.165, 1.54) is 0 Å². The quantitative estimate of drug-likeness (QED) is 0.0753. The average molecular weight is 683 g/mol. The van der Waals surface area contributed by atoms with Gasteiger partial charge in [-0.1, -0.05) is 79.1 Å². The highest BCUT2D eigenvalue weighted by Gasteiger charge is 2.25. The molecule has 0 bridgehead atoms. The van der Waals surface area contributed by atoms with Crippen molar-refractivity contribution in [1.29, 1.82) is 0 Å². The van der Waals surface area contributed by atoms with Gasteiger partial charge in [0.05, 0.1) is 6.61 Å². The maximum absolute atomic E-state index is 13.5. The van der Waals surface area contributed by atoms with E-state index in [-0.39, 0.29) is 42.0 Å².